The molecule has 0 aromatic heterocycles. The first-order chi connectivity index (χ1) is 20.9. The van der Waals surface area contributed by atoms with E-state index in [1.165, 1.54) is 0 Å². The summed E-state index contributed by atoms with van der Waals surface area (Å²) >= 11 is 0. The summed E-state index contributed by atoms with van der Waals surface area (Å²) in [4.78, 5) is 51.3. The van der Waals surface area contributed by atoms with Crippen LogP contribution in [-0.2, 0) is 38.1 Å². The SMILES string of the molecule is CCCC(=O)OCC1=C(C)C[C@H]([C@@H](C)[C@H]2CC[C@H]3[C@@H]4C[C@H]5O[C@]56[C@@H](OC(=O)CCC)C=CC(=O)[C@]6(C)[C@H]4CC[C@]23C)OC1=O. The molecule has 3 saturated carbocycles. The van der Waals surface area contributed by atoms with E-state index in [0.717, 1.165) is 44.1 Å². The average molecular weight is 611 g/mol. The Balaban J connectivity index is 1.18. The van der Waals surface area contributed by atoms with Gasteiger partial charge in [0.05, 0.1) is 17.1 Å². The number of allylic oxidation sites excluding steroid dienone is 1. The Morgan fingerprint density at radius 3 is 2.48 bits per heavy atom. The second kappa shape index (κ2) is 11.4. The Morgan fingerprint density at radius 1 is 1.05 bits per heavy atom. The molecule has 11 atom stereocenters. The Bertz CT molecular complexity index is 1280. The van der Waals surface area contributed by atoms with Gasteiger partial charge in [-0.3, -0.25) is 14.4 Å². The van der Waals surface area contributed by atoms with Crippen molar-refractivity contribution in [2.75, 3.05) is 6.61 Å². The van der Waals surface area contributed by atoms with Crippen molar-refractivity contribution in [2.24, 2.45) is 40.4 Å². The quantitative estimate of drug-likeness (QED) is 0.176. The number of fused-ring (bicyclic) bond motifs is 4. The fraction of sp³-hybridized carbons (Fsp3) is 0.778. The highest BCUT2D eigenvalue weighted by atomic mass is 16.7. The molecule has 4 aliphatic carbocycles. The molecule has 2 heterocycles. The largest absolute Gasteiger partial charge is 0.461 e. The molecule has 4 fully saturated rings. The fourth-order valence-electron chi connectivity index (χ4n) is 10.6. The zero-order valence-corrected chi connectivity index (χ0v) is 27.3. The zero-order chi connectivity index (χ0) is 31.6. The van der Waals surface area contributed by atoms with Crippen molar-refractivity contribution in [3.63, 3.8) is 0 Å². The van der Waals surface area contributed by atoms with Gasteiger partial charge in [0.25, 0.3) is 0 Å². The number of cyclic esters (lactones) is 1. The van der Waals surface area contributed by atoms with Crippen LogP contribution < -0.4 is 0 Å². The third-order valence-corrected chi connectivity index (χ3v) is 13.0. The van der Waals surface area contributed by atoms with Crippen LogP contribution >= 0.6 is 0 Å². The molecule has 0 bridgehead atoms. The van der Waals surface area contributed by atoms with Crippen LogP contribution in [0.15, 0.2) is 23.3 Å². The van der Waals surface area contributed by atoms with Gasteiger partial charge in [-0.25, -0.2) is 4.79 Å². The summed E-state index contributed by atoms with van der Waals surface area (Å²) in [7, 11) is 0. The van der Waals surface area contributed by atoms with Gasteiger partial charge < -0.3 is 18.9 Å². The first kappa shape index (κ1) is 31.5. The molecule has 44 heavy (non-hydrogen) atoms. The Morgan fingerprint density at radius 2 is 1.77 bits per heavy atom. The second-order valence-corrected chi connectivity index (χ2v) is 15.0. The number of hydrogen-bond acceptors (Lipinski definition) is 8. The van der Waals surface area contributed by atoms with Gasteiger partial charge in [-0.15, -0.1) is 0 Å². The molecule has 0 unspecified atom stereocenters. The van der Waals surface area contributed by atoms with Crippen molar-refractivity contribution in [2.45, 2.75) is 130 Å². The van der Waals surface area contributed by atoms with Crippen LogP contribution in [0.2, 0.25) is 0 Å². The van der Waals surface area contributed by atoms with E-state index < -0.39 is 17.1 Å². The number of esters is 3. The number of carbonyl (C=O) groups excluding carboxylic acids is 4. The summed E-state index contributed by atoms with van der Waals surface area (Å²) in [5.41, 5.74) is 0.0424. The summed E-state index contributed by atoms with van der Waals surface area (Å²) in [5.74, 6) is 0.793. The minimum absolute atomic E-state index is 0.0209. The van der Waals surface area contributed by atoms with Crippen LogP contribution in [0.3, 0.4) is 0 Å². The van der Waals surface area contributed by atoms with Crippen molar-refractivity contribution in [3.05, 3.63) is 23.3 Å². The summed E-state index contributed by atoms with van der Waals surface area (Å²) < 4.78 is 23.9. The van der Waals surface area contributed by atoms with E-state index in [2.05, 4.69) is 20.8 Å². The maximum atomic E-state index is 13.8. The van der Waals surface area contributed by atoms with Gasteiger partial charge in [-0.2, -0.15) is 0 Å². The minimum atomic E-state index is -0.745. The van der Waals surface area contributed by atoms with E-state index in [0.29, 0.717) is 49.0 Å². The number of hydrogen-bond donors (Lipinski definition) is 0. The topological polar surface area (TPSA) is 108 Å². The van der Waals surface area contributed by atoms with E-state index in [1.807, 2.05) is 20.8 Å². The molecule has 8 nitrogen and oxygen atoms in total. The van der Waals surface area contributed by atoms with Gasteiger partial charge >= 0.3 is 17.9 Å². The first-order valence-corrected chi connectivity index (χ1v) is 17.1. The molecule has 0 amide bonds. The van der Waals surface area contributed by atoms with E-state index in [4.69, 9.17) is 18.9 Å². The Kier molecular flexibility index (Phi) is 8.16. The third kappa shape index (κ3) is 4.63. The molecule has 8 heteroatoms. The van der Waals surface area contributed by atoms with Crippen molar-refractivity contribution >= 4 is 23.7 Å². The van der Waals surface area contributed by atoms with Crippen LogP contribution in [0.25, 0.3) is 0 Å². The number of epoxide rings is 1. The predicted octanol–water partition coefficient (Wildman–Crippen LogP) is 6.05. The Labute approximate surface area is 261 Å². The number of ketones is 1. The highest BCUT2D eigenvalue weighted by Crippen LogP contribution is 2.73. The molecular weight excluding hydrogens is 560 g/mol. The van der Waals surface area contributed by atoms with E-state index in [9.17, 15) is 19.2 Å². The summed E-state index contributed by atoms with van der Waals surface area (Å²) in [5, 5.41) is 0. The molecule has 0 aromatic rings. The molecule has 1 saturated heterocycles. The second-order valence-electron chi connectivity index (χ2n) is 15.0. The molecule has 0 aromatic carbocycles. The molecule has 0 radical (unpaired) electrons. The third-order valence-electron chi connectivity index (χ3n) is 13.0. The number of ether oxygens (including phenoxy) is 4. The monoisotopic (exact) mass is 610 g/mol. The van der Waals surface area contributed by atoms with E-state index >= 15 is 0 Å². The van der Waals surface area contributed by atoms with Crippen molar-refractivity contribution in [3.8, 4) is 0 Å². The molecule has 0 N–H and O–H groups in total. The van der Waals surface area contributed by atoms with Gasteiger partial charge in [-0.1, -0.05) is 33.3 Å². The molecular formula is C36H50O8. The lowest BCUT2D eigenvalue weighted by Crippen LogP contribution is -2.64. The van der Waals surface area contributed by atoms with Crippen molar-refractivity contribution in [1.82, 2.24) is 0 Å². The van der Waals surface area contributed by atoms with Crippen LogP contribution in [0.4, 0.5) is 0 Å². The molecule has 2 aliphatic heterocycles. The molecule has 242 valence electrons. The molecule has 6 aliphatic rings. The van der Waals surface area contributed by atoms with Crippen LogP contribution in [-0.4, -0.2) is 54.2 Å². The van der Waals surface area contributed by atoms with E-state index in [-0.39, 0.29) is 59.8 Å². The maximum absolute atomic E-state index is 13.8. The summed E-state index contributed by atoms with van der Waals surface area (Å²) in [6.45, 7) is 12.6. The van der Waals surface area contributed by atoms with Gasteiger partial charge in [0.1, 0.15) is 18.3 Å². The minimum Gasteiger partial charge on any atom is -0.461 e. The van der Waals surface area contributed by atoms with Crippen molar-refractivity contribution in [1.29, 1.82) is 0 Å². The standard InChI is InChI=1S/C36H50O8/c1-7-9-31(38)41-19-23-20(3)17-27(42-33(23)40)21(4)24-11-12-25-22-18-30-36(44-30)29(43-32(39)10-8-2)14-13-28(37)35(36,6)26(22)15-16-34(24,25)5/h13-14,21-22,24-27,29-30H,7-12,15-19H2,1-6H3/t21-,22-,24+,25-,26-,27+,29-,30+,34+,35-,36+/m0/s1. The first-order valence-electron chi connectivity index (χ1n) is 17.1. The smallest absolute Gasteiger partial charge is 0.337 e. The van der Waals surface area contributed by atoms with Crippen LogP contribution in [0, 0.1) is 40.4 Å². The fourth-order valence-corrected chi connectivity index (χ4v) is 10.6. The lowest BCUT2D eigenvalue weighted by atomic mass is 9.44. The highest BCUT2D eigenvalue weighted by Gasteiger charge is 2.81. The van der Waals surface area contributed by atoms with Gasteiger partial charge in [-0.05, 0) is 106 Å². The molecule has 6 rings (SSSR count). The number of carbonyl (C=O) groups is 4. The van der Waals surface area contributed by atoms with E-state index in [1.54, 1.807) is 12.2 Å². The average Bonchev–Trinajstić information content (AvgIpc) is 3.60. The lowest BCUT2D eigenvalue weighted by molar-refractivity contribution is -0.167. The van der Waals surface area contributed by atoms with Crippen LogP contribution in [0.5, 0.6) is 0 Å². The van der Waals surface area contributed by atoms with Gasteiger partial charge in [0.2, 0.25) is 0 Å². The highest BCUT2D eigenvalue weighted by molar-refractivity contribution is 5.98. The van der Waals surface area contributed by atoms with Gasteiger partial charge in [0, 0.05) is 19.3 Å². The zero-order valence-electron chi connectivity index (χ0n) is 27.3. The normalized spacial score (nSPS) is 42.8. The van der Waals surface area contributed by atoms with Crippen molar-refractivity contribution < 1.29 is 38.1 Å². The van der Waals surface area contributed by atoms with Gasteiger partial charge in [0.15, 0.2) is 11.9 Å². The summed E-state index contributed by atoms with van der Waals surface area (Å²) in [6, 6.07) is 0. The molecule has 1 spiro atoms. The maximum Gasteiger partial charge on any atom is 0.337 e. The summed E-state index contributed by atoms with van der Waals surface area (Å²) in [6.07, 6.45) is 10.4. The number of rotatable bonds is 9. The Hall–Kier alpha value is -2.48. The lowest BCUT2D eigenvalue weighted by Gasteiger charge is -2.58. The predicted molar refractivity (Wildman–Crippen MR) is 162 cm³/mol. The van der Waals surface area contributed by atoms with Crippen LogP contribution in [0.1, 0.15) is 106 Å².